The number of hydrogen-bond acceptors (Lipinski definition) is 7. The van der Waals surface area contributed by atoms with Crippen molar-refractivity contribution in [2.45, 2.75) is 83.7 Å². The van der Waals surface area contributed by atoms with Crippen LogP contribution in [-0.4, -0.2) is 57.8 Å². The molecule has 0 aromatic heterocycles. The van der Waals surface area contributed by atoms with E-state index in [4.69, 9.17) is 9.47 Å². The summed E-state index contributed by atoms with van der Waals surface area (Å²) >= 11 is 0. The summed E-state index contributed by atoms with van der Waals surface area (Å²) in [7, 11) is 0. The van der Waals surface area contributed by atoms with E-state index in [-0.39, 0.29) is 24.4 Å². The number of cyclic esters (lactones) is 1. The average molecular weight is 435 g/mol. The zero-order valence-electron chi connectivity index (χ0n) is 18.8. The van der Waals surface area contributed by atoms with E-state index in [0.29, 0.717) is 25.7 Å². The maximum atomic E-state index is 12.5. The number of carbonyl (C=O) groups excluding carboxylic acids is 2. The molecule has 0 aromatic rings. The van der Waals surface area contributed by atoms with Gasteiger partial charge in [0.25, 0.3) is 0 Å². The molecule has 172 valence electrons. The molecule has 0 saturated heterocycles. The second kappa shape index (κ2) is 7.15. The maximum Gasteiger partial charge on any atom is 0.331 e. The summed E-state index contributed by atoms with van der Waals surface area (Å²) in [5, 5.41) is 35.3. The van der Waals surface area contributed by atoms with Crippen molar-refractivity contribution < 1.29 is 34.4 Å². The van der Waals surface area contributed by atoms with Crippen molar-refractivity contribution in [2.75, 3.05) is 6.61 Å². The lowest BCUT2D eigenvalue weighted by molar-refractivity contribution is -0.331. The molecule has 2 fully saturated rings. The van der Waals surface area contributed by atoms with E-state index in [1.807, 2.05) is 13.0 Å². The topological polar surface area (TPSA) is 113 Å². The van der Waals surface area contributed by atoms with Crippen LogP contribution in [0.25, 0.3) is 0 Å². The van der Waals surface area contributed by atoms with Crippen molar-refractivity contribution in [3.8, 4) is 0 Å². The van der Waals surface area contributed by atoms with Crippen molar-refractivity contribution in [3.63, 3.8) is 0 Å². The number of aliphatic hydroxyl groups is 3. The number of ether oxygens (including phenoxy) is 2. The number of carbonyl (C=O) groups is 2. The van der Waals surface area contributed by atoms with E-state index in [0.717, 1.165) is 5.57 Å². The SMILES string of the molecule is CC(=O)OC1CC2(C)C=CC(O)C3(C(O)CCC(C)(C)C13)C2(O)CCC1=CC(=O)OC1. The standard InChI is InChI=1S/C24H34O7/c1-14(25)31-16-12-22(4)9-7-18(27)24(17(26)6-8-21(2,3)20(16)24)23(22,29)10-5-15-11-19(28)30-13-15/h7,9,11,16-18,20,26-27,29H,5-6,8,10,12-13H2,1-4H3. The van der Waals surface area contributed by atoms with Crippen LogP contribution in [0.1, 0.15) is 59.8 Å². The molecule has 0 radical (unpaired) electrons. The van der Waals surface area contributed by atoms with Gasteiger partial charge in [-0.15, -0.1) is 0 Å². The number of esters is 2. The zero-order valence-corrected chi connectivity index (χ0v) is 18.8. The second-order valence-corrected chi connectivity index (χ2v) is 10.8. The van der Waals surface area contributed by atoms with Crippen LogP contribution < -0.4 is 0 Å². The molecule has 0 aromatic carbocycles. The van der Waals surface area contributed by atoms with Crippen LogP contribution in [0.2, 0.25) is 0 Å². The Labute approximate surface area is 183 Å². The Morgan fingerprint density at radius 3 is 2.61 bits per heavy atom. The molecule has 1 heterocycles. The normalized spacial score (nSPS) is 45.5. The summed E-state index contributed by atoms with van der Waals surface area (Å²) in [6.07, 6.45) is 4.54. The summed E-state index contributed by atoms with van der Waals surface area (Å²) in [5.74, 6) is -1.24. The highest BCUT2D eigenvalue weighted by Gasteiger charge is 2.77. The molecule has 7 unspecified atom stereocenters. The summed E-state index contributed by atoms with van der Waals surface area (Å²) in [6, 6.07) is 0. The minimum Gasteiger partial charge on any atom is -0.462 e. The van der Waals surface area contributed by atoms with E-state index < -0.39 is 46.6 Å². The highest BCUT2D eigenvalue weighted by Crippen LogP contribution is 2.71. The average Bonchev–Trinajstić information content (AvgIpc) is 3.08. The van der Waals surface area contributed by atoms with Crippen molar-refractivity contribution in [3.05, 3.63) is 23.8 Å². The molecule has 0 amide bonds. The fourth-order valence-corrected chi connectivity index (χ4v) is 7.32. The Bertz CT molecular complexity index is 845. The number of fused-ring (bicyclic) bond motifs is 1. The largest absolute Gasteiger partial charge is 0.462 e. The Morgan fingerprint density at radius 1 is 1.29 bits per heavy atom. The van der Waals surface area contributed by atoms with E-state index in [1.54, 1.807) is 6.08 Å². The molecule has 1 aliphatic heterocycles. The van der Waals surface area contributed by atoms with Gasteiger partial charge < -0.3 is 24.8 Å². The predicted molar refractivity (Wildman–Crippen MR) is 112 cm³/mol. The molecule has 4 aliphatic rings. The van der Waals surface area contributed by atoms with Gasteiger partial charge in [-0.1, -0.05) is 32.9 Å². The Kier molecular flexibility index (Phi) is 5.19. The van der Waals surface area contributed by atoms with Gasteiger partial charge in [0, 0.05) is 24.3 Å². The van der Waals surface area contributed by atoms with Crippen LogP contribution in [0.5, 0.6) is 0 Å². The first kappa shape index (κ1) is 22.5. The van der Waals surface area contributed by atoms with Gasteiger partial charge >= 0.3 is 11.9 Å². The highest BCUT2D eigenvalue weighted by molar-refractivity contribution is 5.85. The van der Waals surface area contributed by atoms with Crippen LogP contribution in [0.4, 0.5) is 0 Å². The van der Waals surface area contributed by atoms with Crippen molar-refractivity contribution >= 4 is 11.9 Å². The fourth-order valence-electron chi connectivity index (χ4n) is 7.32. The Hall–Kier alpha value is -1.70. The number of aliphatic hydroxyl groups excluding tert-OH is 2. The quantitative estimate of drug-likeness (QED) is 0.458. The molecule has 3 N–H and O–H groups in total. The minimum absolute atomic E-state index is 0.199. The Balaban J connectivity index is 1.86. The lowest BCUT2D eigenvalue weighted by Crippen LogP contribution is -2.79. The molecule has 3 aliphatic carbocycles. The third kappa shape index (κ3) is 3.04. The van der Waals surface area contributed by atoms with E-state index >= 15 is 0 Å². The van der Waals surface area contributed by atoms with Gasteiger partial charge in [-0.05, 0) is 43.1 Å². The molecular formula is C24H34O7. The van der Waals surface area contributed by atoms with Crippen LogP contribution >= 0.6 is 0 Å². The van der Waals surface area contributed by atoms with Gasteiger partial charge in [0.05, 0.1) is 23.2 Å². The molecule has 7 atom stereocenters. The molecule has 31 heavy (non-hydrogen) atoms. The molecular weight excluding hydrogens is 400 g/mol. The molecule has 2 bridgehead atoms. The maximum absolute atomic E-state index is 12.5. The van der Waals surface area contributed by atoms with Gasteiger partial charge in [-0.2, -0.15) is 0 Å². The predicted octanol–water partition coefficient (Wildman–Crippen LogP) is 2.04. The van der Waals surface area contributed by atoms with Gasteiger partial charge in [0.1, 0.15) is 12.7 Å². The van der Waals surface area contributed by atoms with E-state index in [1.165, 1.54) is 13.0 Å². The van der Waals surface area contributed by atoms with Crippen LogP contribution in [0.15, 0.2) is 23.8 Å². The highest BCUT2D eigenvalue weighted by atomic mass is 16.5. The monoisotopic (exact) mass is 434 g/mol. The lowest BCUT2D eigenvalue weighted by atomic mass is 9.35. The van der Waals surface area contributed by atoms with Crippen LogP contribution in [0, 0.1) is 22.2 Å². The first-order valence-electron chi connectivity index (χ1n) is 11.2. The molecule has 4 rings (SSSR count). The number of rotatable bonds is 4. The Morgan fingerprint density at radius 2 is 2.00 bits per heavy atom. The summed E-state index contributed by atoms with van der Waals surface area (Å²) in [4.78, 5) is 23.5. The third-order valence-corrected chi connectivity index (χ3v) is 8.61. The van der Waals surface area contributed by atoms with E-state index in [9.17, 15) is 24.9 Å². The summed E-state index contributed by atoms with van der Waals surface area (Å²) in [5.41, 5.74) is -3.20. The molecule has 7 heteroatoms. The number of hydrogen-bond donors (Lipinski definition) is 3. The first-order valence-corrected chi connectivity index (χ1v) is 11.2. The van der Waals surface area contributed by atoms with Crippen LogP contribution in [0.3, 0.4) is 0 Å². The van der Waals surface area contributed by atoms with Crippen molar-refractivity contribution in [2.24, 2.45) is 22.2 Å². The minimum atomic E-state index is -1.47. The lowest BCUT2D eigenvalue weighted by Gasteiger charge is -2.72. The second-order valence-electron chi connectivity index (χ2n) is 10.8. The van der Waals surface area contributed by atoms with Gasteiger partial charge in [-0.25, -0.2) is 4.79 Å². The van der Waals surface area contributed by atoms with Gasteiger partial charge in [0.2, 0.25) is 0 Å². The van der Waals surface area contributed by atoms with Crippen LogP contribution in [-0.2, 0) is 19.1 Å². The first-order chi connectivity index (χ1) is 14.4. The molecule has 7 nitrogen and oxygen atoms in total. The summed E-state index contributed by atoms with van der Waals surface area (Å²) in [6.45, 7) is 7.59. The third-order valence-electron chi connectivity index (χ3n) is 8.61. The fraction of sp³-hybridized carbons (Fsp3) is 0.750. The van der Waals surface area contributed by atoms with E-state index in [2.05, 4.69) is 13.8 Å². The zero-order chi connectivity index (χ0) is 22.8. The van der Waals surface area contributed by atoms with Gasteiger partial charge in [-0.3, -0.25) is 4.79 Å². The molecule has 2 saturated carbocycles. The van der Waals surface area contributed by atoms with Crippen molar-refractivity contribution in [1.29, 1.82) is 0 Å². The van der Waals surface area contributed by atoms with Gasteiger partial charge in [0.15, 0.2) is 0 Å². The smallest absolute Gasteiger partial charge is 0.331 e. The summed E-state index contributed by atoms with van der Waals surface area (Å²) < 4.78 is 10.8. The molecule has 1 spiro atoms. The van der Waals surface area contributed by atoms with Crippen molar-refractivity contribution in [1.82, 2.24) is 0 Å².